The molecule has 254 valence electrons. The summed E-state index contributed by atoms with van der Waals surface area (Å²) in [5.41, 5.74) is 12.0. The lowest BCUT2D eigenvalue weighted by Gasteiger charge is -2.56. The fourth-order valence-electron chi connectivity index (χ4n) is 12.1. The maximum Gasteiger partial charge on any atom is 0.0714 e. The van der Waals surface area contributed by atoms with Gasteiger partial charge in [-0.3, -0.25) is 0 Å². The van der Waals surface area contributed by atoms with Gasteiger partial charge >= 0.3 is 0 Å². The Labute approximate surface area is 308 Å². The number of anilines is 2. The van der Waals surface area contributed by atoms with Crippen molar-refractivity contribution in [3.63, 3.8) is 0 Å². The quantitative estimate of drug-likeness (QED) is 0.169. The molecule has 0 aromatic heterocycles. The van der Waals surface area contributed by atoms with Gasteiger partial charge in [0.25, 0.3) is 0 Å². The van der Waals surface area contributed by atoms with E-state index in [1.807, 2.05) is 0 Å². The number of hydrogen-bond acceptors (Lipinski definition) is 1. The lowest BCUT2D eigenvalue weighted by Crippen LogP contribution is -2.59. The van der Waals surface area contributed by atoms with Crippen LogP contribution in [-0.4, -0.2) is 5.54 Å². The summed E-state index contributed by atoms with van der Waals surface area (Å²) < 4.78 is 0. The molecule has 1 aliphatic heterocycles. The summed E-state index contributed by atoms with van der Waals surface area (Å²) in [5, 5.41) is 5.26. The second kappa shape index (κ2) is 10.9. The summed E-state index contributed by atoms with van der Waals surface area (Å²) in [6.07, 6.45) is 8.10. The topological polar surface area (TPSA) is 3.24 Å². The molecule has 1 nitrogen and oxygen atoms in total. The van der Waals surface area contributed by atoms with E-state index in [1.54, 1.807) is 5.56 Å². The highest BCUT2D eigenvalue weighted by molar-refractivity contribution is 6.14. The van der Waals surface area contributed by atoms with Gasteiger partial charge in [-0.1, -0.05) is 166 Å². The summed E-state index contributed by atoms with van der Waals surface area (Å²) in [7, 11) is 0. The number of rotatable bonds is 3. The summed E-state index contributed by atoms with van der Waals surface area (Å²) in [5.74, 6) is 1.64. The van der Waals surface area contributed by atoms with Gasteiger partial charge in [-0.05, 0) is 110 Å². The van der Waals surface area contributed by atoms with E-state index in [9.17, 15) is 0 Å². The molecule has 7 aromatic rings. The molecule has 2 fully saturated rings. The zero-order chi connectivity index (χ0) is 34.7. The number of hydrogen-bond donors (Lipinski definition) is 0. The van der Waals surface area contributed by atoms with Crippen LogP contribution in [0.1, 0.15) is 80.2 Å². The monoisotopic (exact) mass is 671 g/mol. The highest BCUT2D eigenvalue weighted by Crippen LogP contribution is 2.65. The zero-order valence-electron chi connectivity index (χ0n) is 30.3. The smallest absolute Gasteiger partial charge is 0.0714 e. The lowest BCUT2D eigenvalue weighted by molar-refractivity contribution is 0.0581. The van der Waals surface area contributed by atoms with Crippen molar-refractivity contribution >= 4 is 32.9 Å². The Morgan fingerprint density at radius 3 is 1.94 bits per heavy atom. The van der Waals surface area contributed by atoms with Gasteiger partial charge in [0, 0.05) is 16.8 Å². The van der Waals surface area contributed by atoms with Crippen molar-refractivity contribution in [1.29, 1.82) is 0 Å². The Morgan fingerprint density at radius 2 is 1.17 bits per heavy atom. The molecule has 7 aromatic carbocycles. The molecule has 0 radical (unpaired) electrons. The Kier molecular flexibility index (Phi) is 6.41. The minimum Gasteiger partial charge on any atom is -0.334 e. The molecule has 4 atom stereocenters. The predicted molar refractivity (Wildman–Crippen MR) is 218 cm³/mol. The minimum atomic E-state index is -0.465. The molecule has 2 saturated carbocycles. The van der Waals surface area contributed by atoms with E-state index in [2.05, 4.69) is 170 Å². The van der Waals surface area contributed by atoms with Gasteiger partial charge in [0.15, 0.2) is 0 Å². The molecule has 0 N–H and O–H groups in total. The van der Waals surface area contributed by atoms with E-state index in [1.165, 1.54) is 105 Å². The van der Waals surface area contributed by atoms with Gasteiger partial charge in [-0.2, -0.15) is 0 Å². The first-order valence-electron chi connectivity index (χ1n) is 19.6. The average Bonchev–Trinajstić information content (AvgIpc) is 3.60. The van der Waals surface area contributed by atoms with Crippen molar-refractivity contribution < 1.29 is 0 Å². The van der Waals surface area contributed by atoms with Gasteiger partial charge in [0.05, 0.1) is 11.0 Å². The molecule has 1 heterocycles. The summed E-state index contributed by atoms with van der Waals surface area (Å²) >= 11 is 0. The first kappa shape index (κ1) is 30.5. The summed E-state index contributed by atoms with van der Waals surface area (Å²) in [4.78, 5) is 2.81. The standard InChI is InChI=1S/C51H45N/c1-49-32-35-16-9-10-17-36(35)33-50(49,2)52(47-24-14-13-23-44(47)49)39-26-28-43-46(31-39)51(37-18-5-3-6-19-37,38-20-7-4-8-21-38)45-30-29-41-40-22-12-11-15-34(40)25-27-42(41)48(43)45/h3-8,11-15,18-31,35-36H,9-10,16-17,32-33H2,1-2H3. The molecular weight excluding hydrogens is 627 g/mol. The van der Waals surface area contributed by atoms with Crippen molar-refractivity contribution in [2.75, 3.05) is 4.90 Å². The minimum absolute atomic E-state index is 0.0113. The van der Waals surface area contributed by atoms with Gasteiger partial charge in [-0.15, -0.1) is 0 Å². The SMILES string of the molecule is CC12CC3CCCCC3CC1(C)N(c1ccc3c(c1)C(c1ccccc1)(c1ccccc1)c1ccc4c(ccc5ccccc54)c1-3)c1ccccc12. The zero-order valence-corrected chi connectivity index (χ0v) is 30.3. The average molecular weight is 672 g/mol. The Morgan fingerprint density at radius 1 is 0.519 bits per heavy atom. The number of fused-ring (bicyclic) bond motifs is 11. The third kappa shape index (κ3) is 3.84. The molecule has 1 heteroatoms. The third-order valence-corrected chi connectivity index (χ3v) is 14.5. The molecule has 0 saturated heterocycles. The van der Waals surface area contributed by atoms with E-state index in [-0.39, 0.29) is 11.0 Å². The molecule has 11 rings (SSSR count). The van der Waals surface area contributed by atoms with E-state index in [0.717, 1.165) is 11.8 Å². The van der Waals surface area contributed by atoms with Crippen LogP contribution >= 0.6 is 0 Å². The number of nitrogens with zero attached hydrogens (tertiary/aromatic N) is 1. The van der Waals surface area contributed by atoms with Crippen LogP contribution < -0.4 is 4.90 Å². The van der Waals surface area contributed by atoms with Crippen LogP contribution in [0.5, 0.6) is 0 Å². The van der Waals surface area contributed by atoms with Crippen LogP contribution in [0.3, 0.4) is 0 Å². The van der Waals surface area contributed by atoms with E-state index >= 15 is 0 Å². The fraction of sp³-hybridized carbons (Fsp3) is 0.255. The van der Waals surface area contributed by atoms with E-state index in [4.69, 9.17) is 0 Å². The van der Waals surface area contributed by atoms with Gasteiger partial charge in [0.2, 0.25) is 0 Å². The Balaban J connectivity index is 1.21. The normalized spacial score (nSPS) is 25.3. The second-order valence-electron chi connectivity index (χ2n) is 16.8. The van der Waals surface area contributed by atoms with Gasteiger partial charge in [0.1, 0.15) is 0 Å². The fourth-order valence-corrected chi connectivity index (χ4v) is 12.1. The van der Waals surface area contributed by atoms with Crippen molar-refractivity contribution in [3.8, 4) is 11.1 Å². The predicted octanol–water partition coefficient (Wildman–Crippen LogP) is 13.1. The molecule has 0 bridgehead atoms. The molecule has 0 amide bonds. The van der Waals surface area contributed by atoms with Crippen LogP contribution in [0, 0.1) is 11.8 Å². The molecule has 4 unspecified atom stereocenters. The first-order valence-corrected chi connectivity index (χ1v) is 19.6. The largest absolute Gasteiger partial charge is 0.334 e. The number of benzene rings is 7. The molecule has 4 aliphatic rings. The first-order chi connectivity index (χ1) is 25.5. The Bertz CT molecular complexity index is 2490. The molecule has 3 aliphatic carbocycles. The van der Waals surface area contributed by atoms with E-state index < -0.39 is 5.41 Å². The van der Waals surface area contributed by atoms with Crippen molar-refractivity contribution in [2.45, 2.75) is 68.7 Å². The van der Waals surface area contributed by atoms with Crippen LogP contribution in [0.25, 0.3) is 32.7 Å². The summed E-state index contributed by atoms with van der Waals surface area (Å²) in [6, 6.07) is 58.0. The lowest BCUT2D eigenvalue weighted by atomic mass is 9.53. The van der Waals surface area contributed by atoms with Gasteiger partial charge in [-0.25, -0.2) is 0 Å². The third-order valence-electron chi connectivity index (χ3n) is 14.5. The number of para-hydroxylation sites is 1. The molecule has 0 spiro atoms. The Hall–Kier alpha value is -5.14. The van der Waals surface area contributed by atoms with Gasteiger partial charge < -0.3 is 4.90 Å². The van der Waals surface area contributed by atoms with Crippen LogP contribution in [0.2, 0.25) is 0 Å². The van der Waals surface area contributed by atoms with Crippen LogP contribution in [-0.2, 0) is 10.8 Å². The van der Waals surface area contributed by atoms with E-state index in [0.29, 0.717) is 0 Å². The highest BCUT2D eigenvalue weighted by atomic mass is 15.3. The maximum atomic E-state index is 2.81. The maximum absolute atomic E-state index is 2.81. The van der Waals surface area contributed by atoms with Crippen LogP contribution in [0.15, 0.2) is 152 Å². The van der Waals surface area contributed by atoms with Crippen LogP contribution in [0.4, 0.5) is 11.4 Å². The van der Waals surface area contributed by atoms with Crippen molar-refractivity contribution in [1.82, 2.24) is 0 Å². The van der Waals surface area contributed by atoms with Crippen molar-refractivity contribution in [3.05, 3.63) is 179 Å². The molecular formula is C51H45N. The second-order valence-corrected chi connectivity index (χ2v) is 16.8. The molecule has 52 heavy (non-hydrogen) atoms. The summed E-state index contributed by atoms with van der Waals surface area (Å²) in [6.45, 7) is 5.22. The highest BCUT2D eigenvalue weighted by Gasteiger charge is 2.61. The van der Waals surface area contributed by atoms with Crippen molar-refractivity contribution in [2.24, 2.45) is 11.8 Å².